The van der Waals surface area contributed by atoms with E-state index in [1.54, 1.807) is 24.5 Å². The first-order valence-electron chi connectivity index (χ1n) is 12.5. The summed E-state index contributed by atoms with van der Waals surface area (Å²) in [4.78, 5) is 18.5. The smallest absolute Gasteiger partial charge is 0.386 e. The number of aryl methyl sites for hydroxylation is 1. The first-order chi connectivity index (χ1) is 17.8. The Balaban J connectivity index is 0.00000336. The molecular weight excluding hydrogens is 487 g/mol. The van der Waals surface area contributed by atoms with Crippen molar-refractivity contribution in [1.29, 1.82) is 0 Å². The number of rotatable bonds is 8. The second-order valence-corrected chi connectivity index (χ2v) is 9.79. The molecule has 0 fully saturated rings. The summed E-state index contributed by atoms with van der Waals surface area (Å²) in [6, 6.07) is 21.5. The predicted octanol–water partition coefficient (Wildman–Crippen LogP) is 1.87. The number of hydrogen-bond donors (Lipinski definition) is 2. The van der Waals surface area contributed by atoms with Gasteiger partial charge in [0.15, 0.2) is 0 Å². The number of aromatic nitrogens is 6. The van der Waals surface area contributed by atoms with E-state index in [9.17, 15) is 9.90 Å². The van der Waals surface area contributed by atoms with Crippen LogP contribution >= 0.6 is 0 Å². The molecule has 0 aliphatic rings. The SMILES string of the molecule is CCCCc1nc2ccc(C(C)(C)O)cc2c(=O)n1Cc1ccc(-c2ccccc2-c2nn[nH]n2)cc1.[Na+]. The van der Waals surface area contributed by atoms with E-state index < -0.39 is 5.60 Å². The normalized spacial score (nSPS) is 11.5. The number of unbranched alkanes of at least 4 members (excludes halogenated alkanes) is 1. The van der Waals surface area contributed by atoms with E-state index in [1.165, 1.54) is 0 Å². The summed E-state index contributed by atoms with van der Waals surface area (Å²) in [6.45, 7) is 5.98. The Hall–Kier alpha value is -3.17. The Labute approximate surface area is 243 Å². The van der Waals surface area contributed by atoms with E-state index in [0.717, 1.165) is 47.3 Å². The molecule has 0 aliphatic heterocycles. The average molecular weight is 518 g/mol. The molecular formula is C29H30N6NaO2+. The fraction of sp³-hybridized carbons (Fsp3) is 0.276. The van der Waals surface area contributed by atoms with Gasteiger partial charge in [-0.05, 0) is 59.9 Å². The Morgan fingerprint density at radius 2 is 1.74 bits per heavy atom. The van der Waals surface area contributed by atoms with Crippen molar-refractivity contribution >= 4 is 10.9 Å². The van der Waals surface area contributed by atoms with Crippen molar-refractivity contribution in [3.05, 3.63) is 94.0 Å². The molecule has 0 atom stereocenters. The first-order valence-corrected chi connectivity index (χ1v) is 12.5. The molecule has 188 valence electrons. The van der Waals surface area contributed by atoms with Crippen molar-refractivity contribution in [2.24, 2.45) is 0 Å². The second kappa shape index (κ2) is 11.7. The molecule has 0 radical (unpaired) electrons. The summed E-state index contributed by atoms with van der Waals surface area (Å²) >= 11 is 0. The number of tetrazole rings is 1. The van der Waals surface area contributed by atoms with Crippen LogP contribution in [-0.2, 0) is 18.6 Å². The third kappa shape index (κ3) is 5.78. The molecule has 0 amide bonds. The number of aliphatic hydroxyl groups is 1. The van der Waals surface area contributed by atoms with Crippen molar-refractivity contribution < 1.29 is 34.7 Å². The Morgan fingerprint density at radius 3 is 2.39 bits per heavy atom. The minimum absolute atomic E-state index is 0. The summed E-state index contributed by atoms with van der Waals surface area (Å²) in [5.41, 5.74) is 4.14. The van der Waals surface area contributed by atoms with Gasteiger partial charge in [-0.25, -0.2) is 4.98 Å². The van der Waals surface area contributed by atoms with Gasteiger partial charge in [0, 0.05) is 12.0 Å². The number of H-pyrrole nitrogens is 1. The van der Waals surface area contributed by atoms with Gasteiger partial charge in [-0.1, -0.05) is 67.9 Å². The van der Waals surface area contributed by atoms with Crippen LogP contribution in [0, 0.1) is 0 Å². The fourth-order valence-corrected chi connectivity index (χ4v) is 4.51. The largest absolute Gasteiger partial charge is 1.00 e. The van der Waals surface area contributed by atoms with Gasteiger partial charge in [0.25, 0.3) is 5.56 Å². The first kappa shape index (κ1) is 27.9. The van der Waals surface area contributed by atoms with Crippen molar-refractivity contribution in [2.45, 2.75) is 52.2 Å². The van der Waals surface area contributed by atoms with Crippen molar-refractivity contribution in [1.82, 2.24) is 30.2 Å². The summed E-state index contributed by atoms with van der Waals surface area (Å²) < 4.78 is 1.77. The molecule has 2 heterocycles. The molecule has 0 unspecified atom stereocenters. The van der Waals surface area contributed by atoms with E-state index in [1.807, 2.05) is 60.7 Å². The van der Waals surface area contributed by atoms with Gasteiger partial charge >= 0.3 is 29.6 Å². The van der Waals surface area contributed by atoms with Gasteiger partial charge < -0.3 is 5.11 Å². The van der Waals surface area contributed by atoms with E-state index in [4.69, 9.17) is 4.98 Å². The molecule has 0 saturated heterocycles. The quantitative estimate of drug-likeness (QED) is 0.304. The van der Waals surface area contributed by atoms with E-state index >= 15 is 0 Å². The number of benzene rings is 3. The maximum absolute atomic E-state index is 13.7. The molecule has 0 spiro atoms. The molecule has 0 bridgehead atoms. The monoisotopic (exact) mass is 517 g/mol. The van der Waals surface area contributed by atoms with Crippen LogP contribution in [0.2, 0.25) is 0 Å². The molecule has 0 aliphatic carbocycles. The average Bonchev–Trinajstić information content (AvgIpc) is 3.44. The molecule has 0 saturated carbocycles. The third-order valence-electron chi connectivity index (χ3n) is 6.61. The summed E-state index contributed by atoms with van der Waals surface area (Å²) in [5.74, 6) is 1.32. The van der Waals surface area contributed by atoms with Crippen LogP contribution in [0.3, 0.4) is 0 Å². The van der Waals surface area contributed by atoms with E-state index in [0.29, 0.717) is 28.8 Å². The molecule has 2 aromatic heterocycles. The van der Waals surface area contributed by atoms with Gasteiger partial charge in [0.05, 0.1) is 23.0 Å². The summed E-state index contributed by atoms with van der Waals surface area (Å²) in [7, 11) is 0. The molecule has 2 N–H and O–H groups in total. The maximum Gasteiger partial charge on any atom is 1.00 e. The number of aromatic amines is 1. The Kier molecular flexibility index (Phi) is 8.57. The molecule has 5 aromatic rings. The number of fused-ring (bicyclic) bond motifs is 1. The summed E-state index contributed by atoms with van der Waals surface area (Å²) in [6.07, 6.45) is 2.69. The van der Waals surface area contributed by atoms with Crippen molar-refractivity contribution in [3.8, 4) is 22.5 Å². The second-order valence-electron chi connectivity index (χ2n) is 9.79. The van der Waals surface area contributed by atoms with Gasteiger partial charge in [0.2, 0.25) is 5.82 Å². The topological polar surface area (TPSA) is 110 Å². The minimum Gasteiger partial charge on any atom is -0.386 e. The molecule has 3 aromatic carbocycles. The van der Waals surface area contributed by atoms with E-state index in [-0.39, 0.29) is 35.1 Å². The van der Waals surface area contributed by atoms with Gasteiger partial charge in [0.1, 0.15) is 5.82 Å². The van der Waals surface area contributed by atoms with Crippen molar-refractivity contribution in [2.75, 3.05) is 0 Å². The molecule has 8 nitrogen and oxygen atoms in total. The predicted molar refractivity (Wildman–Crippen MR) is 144 cm³/mol. The molecule has 5 rings (SSSR count). The van der Waals surface area contributed by atoms with Gasteiger partial charge in [-0.2, -0.15) is 5.21 Å². The van der Waals surface area contributed by atoms with Gasteiger partial charge in [-0.15, -0.1) is 10.2 Å². The van der Waals surface area contributed by atoms with Crippen molar-refractivity contribution in [3.63, 3.8) is 0 Å². The Bertz CT molecular complexity index is 1590. The molecule has 9 heteroatoms. The zero-order chi connectivity index (χ0) is 26.0. The third-order valence-corrected chi connectivity index (χ3v) is 6.61. The summed E-state index contributed by atoms with van der Waals surface area (Å²) in [5, 5.41) is 25.4. The maximum atomic E-state index is 13.7. The zero-order valence-corrected chi connectivity index (χ0v) is 24.3. The standard InChI is InChI=1S/C29H30N6O2.Na/c1-4-5-10-26-30-25-16-15-21(29(2,3)37)17-24(25)28(36)35(26)18-19-11-13-20(14-12-19)22-8-6-7-9-23(22)27-31-33-34-32-27;/h6-9,11-17,37H,4-5,10,18H2,1-3H3,(H,31,32,33,34);/q;+1. The van der Waals surface area contributed by atoms with E-state index in [2.05, 4.69) is 27.5 Å². The van der Waals surface area contributed by atoms with Crippen LogP contribution in [0.25, 0.3) is 33.4 Å². The van der Waals surface area contributed by atoms with Crippen LogP contribution in [0.5, 0.6) is 0 Å². The van der Waals surface area contributed by atoms with Crippen LogP contribution in [0.4, 0.5) is 0 Å². The minimum atomic E-state index is -1.04. The Morgan fingerprint density at radius 1 is 1.00 bits per heavy atom. The van der Waals surface area contributed by atoms with Gasteiger partial charge in [-0.3, -0.25) is 9.36 Å². The number of hydrogen-bond acceptors (Lipinski definition) is 6. The molecule has 38 heavy (non-hydrogen) atoms. The van der Waals surface area contributed by atoms with Crippen LogP contribution < -0.4 is 35.1 Å². The van der Waals surface area contributed by atoms with Crippen LogP contribution in [0.1, 0.15) is 50.6 Å². The zero-order valence-electron chi connectivity index (χ0n) is 22.3. The number of nitrogens with one attached hydrogen (secondary N) is 1. The number of nitrogens with zero attached hydrogens (tertiary/aromatic N) is 5. The fourth-order valence-electron chi connectivity index (χ4n) is 4.51. The van der Waals surface area contributed by atoms with Crippen LogP contribution in [-0.4, -0.2) is 35.3 Å². The van der Waals surface area contributed by atoms with Crippen LogP contribution in [0.15, 0.2) is 71.5 Å².